The lowest BCUT2D eigenvalue weighted by Crippen LogP contribution is -2.40. The van der Waals surface area contributed by atoms with Crippen molar-refractivity contribution >= 4 is 0 Å². The normalized spacial score (nSPS) is 20.2. The molecule has 2 aliphatic rings. The Bertz CT molecular complexity index is 1100. The first-order valence-electron chi connectivity index (χ1n) is 10.5. The summed E-state index contributed by atoms with van der Waals surface area (Å²) in [6.07, 6.45) is 8.13. The molecular weight excluding hydrogens is 388 g/mol. The fourth-order valence-electron chi connectivity index (χ4n) is 3.94. The third-order valence-corrected chi connectivity index (χ3v) is 5.47. The van der Waals surface area contributed by atoms with Gasteiger partial charge >= 0.3 is 0 Å². The van der Waals surface area contributed by atoms with Crippen LogP contribution in [0.25, 0.3) is 11.3 Å². The van der Waals surface area contributed by atoms with Gasteiger partial charge in [0.25, 0.3) is 5.95 Å². The van der Waals surface area contributed by atoms with E-state index in [-0.39, 0.29) is 12.3 Å². The smallest absolute Gasteiger partial charge is 0.290 e. The molecule has 158 valence electrons. The summed E-state index contributed by atoms with van der Waals surface area (Å²) in [5, 5.41) is 13.9. The number of furan rings is 1. The van der Waals surface area contributed by atoms with E-state index in [1.54, 1.807) is 0 Å². The second-order valence-corrected chi connectivity index (χ2v) is 7.66. The highest BCUT2D eigenvalue weighted by molar-refractivity contribution is 5.66. The molecule has 3 aromatic rings. The van der Waals surface area contributed by atoms with Gasteiger partial charge in [0.1, 0.15) is 23.8 Å². The Morgan fingerprint density at radius 1 is 0.839 bits per heavy atom. The Labute approximate surface area is 182 Å². The standard InChI is InChI=1S/C25H26N4O2/c1-17-7-9-18(10-8-17)30-22-12-11-21(31-22)19-5-2-6-20(24-26-13-3-14-27-24)23(19)25-28-15-4-16-29-25/h2-13,15,24-29H,14,16H2,1H3. The van der Waals surface area contributed by atoms with Crippen LogP contribution in [-0.2, 0) is 0 Å². The van der Waals surface area contributed by atoms with Crippen molar-refractivity contribution in [1.82, 2.24) is 21.3 Å². The molecule has 2 aliphatic heterocycles. The van der Waals surface area contributed by atoms with Crippen molar-refractivity contribution in [3.8, 4) is 23.0 Å². The average molecular weight is 415 g/mol. The van der Waals surface area contributed by atoms with Gasteiger partial charge in [-0.1, -0.05) is 48.0 Å². The van der Waals surface area contributed by atoms with E-state index in [4.69, 9.17) is 9.15 Å². The van der Waals surface area contributed by atoms with Gasteiger partial charge in [0, 0.05) is 30.3 Å². The molecule has 0 spiro atoms. The number of ether oxygens (including phenoxy) is 1. The zero-order valence-corrected chi connectivity index (χ0v) is 17.4. The largest absolute Gasteiger partial charge is 0.426 e. The SMILES string of the molecule is Cc1ccc(Oc2ccc(-c3cccc(C4NC=CCN4)c3C3NC=CCN3)o2)cc1. The van der Waals surface area contributed by atoms with Gasteiger partial charge in [-0.05, 0) is 43.1 Å². The van der Waals surface area contributed by atoms with Crippen molar-refractivity contribution in [1.29, 1.82) is 0 Å². The number of rotatable bonds is 5. The molecule has 0 fully saturated rings. The lowest BCUT2D eigenvalue weighted by molar-refractivity contribution is 0.351. The number of nitrogens with one attached hydrogen (secondary N) is 4. The van der Waals surface area contributed by atoms with E-state index in [0.717, 1.165) is 35.7 Å². The molecule has 0 aliphatic carbocycles. The number of benzene rings is 2. The molecule has 0 radical (unpaired) electrons. The molecule has 0 amide bonds. The highest BCUT2D eigenvalue weighted by Gasteiger charge is 2.25. The Morgan fingerprint density at radius 3 is 2.29 bits per heavy atom. The van der Waals surface area contributed by atoms with Crippen LogP contribution in [0.2, 0.25) is 0 Å². The third kappa shape index (κ3) is 4.21. The monoisotopic (exact) mass is 414 g/mol. The minimum atomic E-state index is -0.0303. The maximum absolute atomic E-state index is 6.13. The Hall–Kier alpha value is -3.48. The summed E-state index contributed by atoms with van der Waals surface area (Å²) in [5.74, 6) is 1.99. The molecule has 5 rings (SSSR count). The number of hydrogen-bond donors (Lipinski definition) is 4. The van der Waals surface area contributed by atoms with E-state index < -0.39 is 0 Å². The average Bonchev–Trinajstić information content (AvgIpc) is 3.29. The highest BCUT2D eigenvalue weighted by atomic mass is 16.6. The Morgan fingerprint density at radius 2 is 1.58 bits per heavy atom. The van der Waals surface area contributed by atoms with Crippen molar-refractivity contribution in [3.63, 3.8) is 0 Å². The summed E-state index contributed by atoms with van der Waals surface area (Å²) in [7, 11) is 0. The van der Waals surface area contributed by atoms with Crippen LogP contribution in [-0.4, -0.2) is 13.1 Å². The fourth-order valence-corrected chi connectivity index (χ4v) is 3.94. The summed E-state index contributed by atoms with van der Waals surface area (Å²) < 4.78 is 12.1. The predicted molar refractivity (Wildman–Crippen MR) is 121 cm³/mol. The van der Waals surface area contributed by atoms with Crippen LogP contribution in [0.5, 0.6) is 11.7 Å². The van der Waals surface area contributed by atoms with Gasteiger partial charge in [0.15, 0.2) is 0 Å². The molecule has 6 nitrogen and oxygen atoms in total. The Balaban J connectivity index is 1.51. The van der Waals surface area contributed by atoms with Crippen LogP contribution < -0.4 is 26.0 Å². The van der Waals surface area contributed by atoms with Crippen LogP contribution >= 0.6 is 0 Å². The summed E-state index contributed by atoms with van der Waals surface area (Å²) in [6.45, 7) is 3.68. The van der Waals surface area contributed by atoms with Crippen LogP contribution in [0.15, 0.2) is 83.6 Å². The van der Waals surface area contributed by atoms with Crippen LogP contribution in [0.4, 0.5) is 0 Å². The lowest BCUT2D eigenvalue weighted by Gasteiger charge is -2.31. The van der Waals surface area contributed by atoms with E-state index in [1.165, 1.54) is 11.1 Å². The van der Waals surface area contributed by atoms with Crippen molar-refractivity contribution in [2.75, 3.05) is 13.1 Å². The van der Waals surface area contributed by atoms with Gasteiger partial charge in [-0.2, -0.15) is 0 Å². The second kappa shape index (κ2) is 8.71. The first kappa shape index (κ1) is 19.5. The second-order valence-electron chi connectivity index (χ2n) is 7.66. The van der Waals surface area contributed by atoms with Crippen LogP contribution in [0.1, 0.15) is 29.0 Å². The first-order valence-corrected chi connectivity index (χ1v) is 10.5. The molecule has 3 heterocycles. The fraction of sp³-hybridized carbons (Fsp3) is 0.200. The molecular formula is C25H26N4O2. The predicted octanol–water partition coefficient (Wildman–Crippen LogP) is 4.46. The maximum Gasteiger partial charge on any atom is 0.290 e. The summed E-state index contributed by atoms with van der Waals surface area (Å²) in [5.41, 5.74) is 4.52. The highest BCUT2D eigenvalue weighted by Crippen LogP contribution is 2.36. The minimum Gasteiger partial charge on any atom is -0.426 e. The van der Waals surface area contributed by atoms with E-state index >= 15 is 0 Å². The maximum atomic E-state index is 6.13. The first-order chi connectivity index (χ1) is 15.3. The van der Waals surface area contributed by atoms with E-state index in [1.807, 2.05) is 48.8 Å². The summed E-state index contributed by atoms with van der Waals surface area (Å²) in [6, 6.07) is 18.1. The zero-order valence-electron chi connectivity index (χ0n) is 17.4. The minimum absolute atomic E-state index is 0.0210. The molecule has 2 unspecified atom stereocenters. The van der Waals surface area contributed by atoms with Gasteiger partial charge in [-0.25, -0.2) is 0 Å². The molecule has 4 N–H and O–H groups in total. The molecule has 31 heavy (non-hydrogen) atoms. The quantitative estimate of drug-likeness (QED) is 0.494. The molecule has 0 bridgehead atoms. The third-order valence-electron chi connectivity index (χ3n) is 5.47. The van der Waals surface area contributed by atoms with Crippen LogP contribution in [0.3, 0.4) is 0 Å². The van der Waals surface area contributed by atoms with E-state index in [2.05, 4.69) is 58.5 Å². The van der Waals surface area contributed by atoms with Gasteiger partial charge in [0.2, 0.25) is 0 Å². The molecule has 6 heteroatoms. The lowest BCUT2D eigenvalue weighted by atomic mass is 9.94. The zero-order chi connectivity index (χ0) is 21.0. The number of hydrogen-bond acceptors (Lipinski definition) is 6. The molecule has 0 saturated heterocycles. The number of aryl methyl sites for hydroxylation is 1. The van der Waals surface area contributed by atoms with Gasteiger partial charge in [0.05, 0.1) is 0 Å². The van der Waals surface area contributed by atoms with E-state index in [0.29, 0.717) is 5.95 Å². The van der Waals surface area contributed by atoms with Gasteiger partial charge in [-0.15, -0.1) is 0 Å². The van der Waals surface area contributed by atoms with Gasteiger partial charge < -0.3 is 19.8 Å². The van der Waals surface area contributed by atoms with Crippen molar-refractivity contribution in [3.05, 3.63) is 95.8 Å². The molecule has 0 saturated carbocycles. The topological polar surface area (TPSA) is 70.5 Å². The Kier molecular flexibility index (Phi) is 5.48. The van der Waals surface area contributed by atoms with Crippen molar-refractivity contribution < 1.29 is 9.15 Å². The van der Waals surface area contributed by atoms with Crippen LogP contribution in [0, 0.1) is 6.92 Å². The van der Waals surface area contributed by atoms with Gasteiger partial charge in [-0.3, -0.25) is 10.6 Å². The molecule has 2 aromatic carbocycles. The van der Waals surface area contributed by atoms with Crippen molar-refractivity contribution in [2.24, 2.45) is 0 Å². The molecule has 1 aromatic heterocycles. The van der Waals surface area contributed by atoms with E-state index in [9.17, 15) is 0 Å². The summed E-state index contributed by atoms with van der Waals surface area (Å²) >= 11 is 0. The molecule has 2 atom stereocenters. The summed E-state index contributed by atoms with van der Waals surface area (Å²) in [4.78, 5) is 0. The van der Waals surface area contributed by atoms with Crippen molar-refractivity contribution in [2.45, 2.75) is 19.3 Å².